The summed E-state index contributed by atoms with van der Waals surface area (Å²) in [5, 5.41) is 1.53. The Bertz CT molecular complexity index is 2120. The van der Waals surface area contributed by atoms with Gasteiger partial charge in [-0.1, -0.05) is 62.6 Å². The number of esters is 3. The molecule has 4 rings (SSSR count). The third-order valence-corrected chi connectivity index (χ3v) is 9.67. The Kier molecular flexibility index (Phi) is 16.4. The highest BCUT2D eigenvalue weighted by atomic mass is 19.4. The number of rotatable bonds is 22. The number of alkyl halides is 11. The van der Waals surface area contributed by atoms with Gasteiger partial charge in [-0.2, -0.15) is 48.3 Å². The van der Waals surface area contributed by atoms with Crippen LogP contribution in [-0.2, 0) is 14.3 Å². The molecule has 7 nitrogen and oxygen atoms in total. The normalized spacial score (nSPS) is 13.1. The molecule has 0 aliphatic heterocycles. The quantitative estimate of drug-likeness (QED) is 0.0336. The summed E-state index contributed by atoms with van der Waals surface area (Å²) in [6.45, 7) is 3.13. The van der Waals surface area contributed by atoms with Crippen molar-refractivity contribution in [1.82, 2.24) is 0 Å². The van der Waals surface area contributed by atoms with Gasteiger partial charge in [-0.25, -0.2) is 14.4 Å². The number of hydrogen-bond donors (Lipinski definition) is 0. The van der Waals surface area contributed by atoms with Crippen LogP contribution in [0.15, 0.2) is 84.9 Å². The van der Waals surface area contributed by atoms with Crippen LogP contribution in [0.1, 0.15) is 92.4 Å². The topological polar surface area (TPSA) is 88.1 Å². The van der Waals surface area contributed by atoms with Crippen molar-refractivity contribution in [3.8, 4) is 22.6 Å². The fraction of sp³-hybridized carbons (Fsp3) is 0.432. The Morgan fingerprint density at radius 3 is 1.69 bits per heavy atom. The molecule has 0 saturated carbocycles. The van der Waals surface area contributed by atoms with Crippen LogP contribution in [0.3, 0.4) is 0 Å². The summed E-state index contributed by atoms with van der Waals surface area (Å²) in [6, 6.07) is 23.7. The number of carbonyl (C=O) groups is 3. The molecule has 0 spiro atoms. The lowest BCUT2D eigenvalue weighted by molar-refractivity contribution is -0.418. The van der Waals surface area contributed by atoms with E-state index in [0.717, 1.165) is 54.0 Å². The van der Waals surface area contributed by atoms with Crippen molar-refractivity contribution < 1.29 is 81.6 Å². The predicted octanol–water partition coefficient (Wildman–Crippen LogP) is 12.8. The predicted molar refractivity (Wildman–Crippen MR) is 205 cm³/mol. The van der Waals surface area contributed by atoms with Gasteiger partial charge in [0.2, 0.25) is 0 Å². The smallest absolute Gasteiger partial charge is 0.460 e. The van der Waals surface area contributed by atoms with E-state index in [-0.39, 0.29) is 25.6 Å². The van der Waals surface area contributed by atoms with Gasteiger partial charge in [-0.05, 0) is 116 Å². The van der Waals surface area contributed by atoms with Gasteiger partial charge in [0.05, 0.1) is 30.4 Å². The van der Waals surface area contributed by atoms with Crippen molar-refractivity contribution >= 4 is 28.7 Å². The molecule has 4 aromatic carbocycles. The van der Waals surface area contributed by atoms with Gasteiger partial charge in [0.25, 0.3) is 0 Å². The number of ether oxygens (including phenoxy) is 4. The second kappa shape index (κ2) is 20.6. The van der Waals surface area contributed by atoms with Crippen LogP contribution in [-0.4, -0.2) is 67.1 Å². The number of unbranched alkanes of at least 4 members (excludes halogenated alkanes) is 6. The van der Waals surface area contributed by atoms with Crippen LogP contribution < -0.4 is 9.47 Å². The maximum atomic E-state index is 13.7. The molecule has 0 heterocycles. The maximum Gasteiger partial charge on any atom is 0.460 e. The first-order valence-electron chi connectivity index (χ1n) is 19.6. The van der Waals surface area contributed by atoms with E-state index >= 15 is 0 Å². The summed E-state index contributed by atoms with van der Waals surface area (Å²) >= 11 is 0. The third kappa shape index (κ3) is 11.7. The summed E-state index contributed by atoms with van der Waals surface area (Å²) in [5.41, 5.74) is 2.28. The van der Waals surface area contributed by atoms with Gasteiger partial charge in [0, 0.05) is 0 Å². The standard InChI is InChI=1S/C44H43F11O7/c1-3-4-5-8-11-28(2)61-38(57)34-17-16-33-27-36(23-20-32(33)26-34)62-37(56)31-14-12-29(13-15-31)30-18-21-35(22-19-30)59-24-9-6-7-10-25-60-39(58)40(45,46)41(47,48)42(49,50)43(51,52)44(53,54)55/h12-23,26-28H,3-11,24-25H2,1-2H3/t28-/m0/s1. The zero-order chi connectivity index (χ0) is 45.9. The van der Waals surface area contributed by atoms with Gasteiger partial charge >= 0.3 is 47.8 Å². The summed E-state index contributed by atoms with van der Waals surface area (Å²) in [7, 11) is 0. The molecule has 0 aliphatic rings. The Morgan fingerprint density at radius 1 is 0.548 bits per heavy atom. The van der Waals surface area contributed by atoms with Crippen LogP contribution in [0.5, 0.6) is 11.5 Å². The minimum Gasteiger partial charge on any atom is -0.494 e. The molecule has 0 fully saturated rings. The molecule has 0 aromatic heterocycles. The molecule has 4 aromatic rings. The van der Waals surface area contributed by atoms with Gasteiger partial charge < -0.3 is 18.9 Å². The van der Waals surface area contributed by atoms with Gasteiger partial charge in [-0.15, -0.1) is 0 Å². The molecular weight excluding hydrogens is 849 g/mol. The van der Waals surface area contributed by atoms with E-state index in [2.05, 4.69) is 11.7 Å². The molecule has 0 amide bonds. The summed E-state index contributed by atoms with van der Waals surface area (Å²) < 4.78 is 165. The second-order valence-corrected chi connectivity index (χ2v) is 14.5. The minimum atomic E-state index is -7.69. The van der Waals surface area contributed by atoms with E-state index in [4.69, 9.17) is 14.2 Å². The Morgan fingerprint density at radius 2 is 1.08 bits per heavy atom. The van der Waals surface area contributed by atoms with Crippen molar-refractivity contribution in [1.29, 1.82) is 0 Å². The number of benzene rings is 4. The second-order valence-electron chi connectivity index (χ2n) is 14.5. The zero-order valence-electron chi connectivity index (χ0n) is 33.5. The van der Waals surface area contributed by atoms with E-state index in [1.54, 1.807) is 84.9 Å². The lowest BCUT2D eigenvalue weighted by Crippen LogP contribution is -2.68. The lowest BCUT2D eigenvalue weighted by Gasteiger charge is -2.36. The number of halogens is 11. The van der Waals surface area contributed by atoms with E-state index in [0.29, 0.717) is 35.5 Å². The molecule has 62 heavy (non-hydrogen) atoms. The van der Waals surface area contributed by atoms with Crippen LogP contribution in [0, 0.1) is 0 Å². The molecule has 0 N–H and O–H groups in total. The maximum absolute atomic E-state index is 13.7. The van der Waals surface area contributed by atoms with Gasteiger partial charge in [0.15, 0.2) is 0 Å². The highest BCUT2D eigenvalue weighted by molar-refractivity contribution is 5.96. The Labute approximate surface area is 349 Å². The molecule has 338 valence electrons. The number of fused-ring (bicyclic) bond motifs is 1. The molecule has 0 saturated heterocycles. The molecule has 18 heteroatoms. The molecular formula is C44H43F11O7. The molecule has 0 radical (unpaired) electrons. The first kappa shape index (κ1) is 49.2. The van der Waals surface area contributed by atoms with E-state index < -0.39 is 54.4 Å². The van der Waals surface area contributed by atoms with E-state index in [1.165, 1.54) is 0 Å². The fourth-order valence-electron chi connectivity index (χ4n) is 5.99. The van der Waals surface area contributed by atoms with E-state index in [1.807, 2.05) is 6.92 Å². The minimum absolute atomic E-state index is 0.116. The van der Waals surface area contributed by atoms with Gasteiger partial charge in [0.1, 0.15) is 11.5 Å². The summed E-state index contributed by atoms with van der Waals surface area (Å²) in [4.78, 5) is 37.0. The Hall–Kier alpha value is -5.42. The summed E-state index contributed by atoms with van der Waals surface area (Å²) in [5.74, 6) is -33.0. The SMILES string of the molecule is CCCCCC[C@H](C)OC(=O)c1ccc2cc(OC(=O)c3ccc(-c4ccc(OCCCCCCOC(=O)C(F)(F)C(F)(F)C(F)(F)C(F)(F)C(F)(F)F)cc4)cc3)ccc2c1. The van der Waals surface area contributed by atoms with Crippen molar-refractivity contribution in [2.75, 3.05) is 13.2 Å². The molecule has 0 unspecified atom stereocenters. The monoisotopic (exact) mass is 892 g/mol. The van der Waals surface area contributed by atoms with Crippen molar-refractivity contribution in [3.05, 3.63) is 96.1 Å². The fourth-order valence-corrected chi connectivity index (χ4v) is 5.99. The molecule has 1 atom stereocenters. The van der Waals surface area contributed by atoms with Crippen LogP contribution in [0.4, 0.5) is 48.3 Å². The Balaban J connectivity index is 1.18. The van der Waals surface area contributed by atoms with Crippen molar-refractivity contribution in [3.63, 3.8) is 0 Å². The average molecular weight is 893 g/mol. The van der Waals surface area contributed by atoms with Crippen LogP contribution >= 0.6 is 0 Å². The molecule has 0 bridgehead atoms. The highest BCUT2D eigenvalue weighted by Gasteiger charge is 2.89. The largest absolute Gasteiger partial charge is 0.494 e. The van der Waals surface area contributed by atoms with E-state index in [9.17, 15) is 62.7 Å². The molecule has 0 aliphatic carbocycles. The van der Waals surface area contributed by atoms with Gasteiger partial charge in [-0.3, -0.25) is 0 Å². The first-order chi connectivity index (χ1) is 29.0. The number of hydrogen-bond acceptors (Lipinski definition) is 7. The van der Waals surface area contributed by atoms with Crippen molar-refractivity contribution in [2.45, 2.75) is 108 Å². The lowest BCUT2D eigenvalue weighted by atomic mass is 9.98. The third-order valence-electron chi connectivity index (χ3n) is 9.67. The summed E-state index contributed by atoms with van der Waals surface area (Å²) in [6.07, 6.45) is -1.83. The average Bonchev–Trinajstić information content (AvgIpc) is 3.22. The zero-order valence-corrected chi connectivity index (χ0v) is 33.5. The van der Waals surface area contributed by atoms with Crippen LogP contribution in [0.25, 0.3) is 21.9 Å². The first-order valence-corrected chi connectivity index (χ1v) is 19.6. The highest BCUT2D eigenvalue weighted by Crippen LogP contribution is 2.57. The van der Waals surface area contributed by atoms with Crippen molar-refractivity contribution in [2.24, 2.45) is 0 Å². The van der Waals surface area contributed by atoms with Crippen LogP contribution in [0.2, 0.25) is 0 Å². The number of carbonyl (C=O) groups excluding carboxylic acids is 3.